The summed E-state index contributed by atoms with van der Waals surface area (Å²) in [5.41, 5.74) is 0.0265. The van der Waals surface area contributed by atoms with E-state index in [4.69, 9.17) is 11.6 Å². The molecule has 1 saturated carbocycles. The van der Waals surface area contributed by atoms with Crippen LogP contribution in [0.15, 0.2) is 18.2 Å². The van der Waals surface area contributed by atoms with Crippen molar-refractivity contribution >= 4 is 36.4 Å². The molecule has 0 aromatic heterocycles. The van der Waals surface area contributed by atoms with Gasteiger partial charge >= 0.3 is 6.18 Å². The first-order valence-corrected chi connectivity index (χ1v) is 7.66. The lowest BCUT2D eigenvalue weighted by Crippen LogP contribution is -2.45. The summed E-state index contributed by atoms with van der Waals surface area (Å²) in [6, 6.07) is 4.47. The summed E-state index contributed by atoms with van der Waals surface area (Å²) in [4.78, 5) is 2.30. The van der Waals surface area contributed by atoms with Crippen molar-refractivity contribution in [1.82, 2.24) is 10.2 Å². The third-order valence-electron chi connectivity index (χ3n) is 4.25. The third kappa shape index (κ3) is 4.89. The van der Waals surface area contributed by atoms with Crippen LogP contribution in [0.3, 0.4) is 0 Å². The first kappa shape index (κ1) is 20.8. The molecule has 23 heavy (non-hydrogen) atoms. The van der Waals surface area contributed by atoms with Gasteiger partial charge in [0.1, 0.15) is 0 Å². The van der Waals surface area contributed by atoms with E-state index in [9.17, 15) is 13.2 Å². The minimum atomic E-state index is -4.40. The Labute approximate surface area is 151 Å². The lowest BCUT2D eigenvalue weighted by atomic mass is 9.97. The summed E-state index contributed by atoms with van der Waals surface area (Å²) < 4.78 is 39.1. The zero-order valence-electron chi connectivity index (χ0n) is 12.4. The molecule has 132 valence electrons. The minimum Gasteiger partial charge on any atom is -0.314 e. The van der Waals surface area contributed by atoms with Crippen molar-refractivity contribution in [2.45, 2.75) is 25.1 Å². The van der Waals surface area contributed by atoms with Crippen LogP contribution >= 0.6 is 36.4 Å². The van der Waals surface area contributed by atoms with Crippen molar-refractivity contribution in [2.24, 2.45) is 5.92 Å². The molecule has 2 nitrogen and oxygen atoms in total. The minimum absolute atomic E-state index is 0. The fraction of sp³-hybridized carbons (Fsp3) is 0.600. The van der Waals surface area contributed by atoms with E-state index in [0.29, 0.717) is 5.92 Å². The maximum absolute atomic E-state index is 13.0. The second kappa shape index (κ2) is 8.26. The summed E-state index contributed by atoms with van der Waals surface area (Å²) in [6.45, 7) is 3.54. The molecule has 1 aliphatic heterocycles. The van der Waals surface area contributed by atoms with Crippen LogP contribution in [0.1, 0.15) is 30.0 Å². The molecule has 2 aliphatic rings. The van der Waals surface area contributed by atoms with Crippen LogP contribution in [0, 0.1) is 5.92 Å². The van der Waals surface area contributed by atoms with Gasteiger partial charge in [-0.15, -0.1) is 24.8 Å². The standard InChI is InChI=1S/C15H18ClF3N2.2ClH/c16-13-4-3-11(9-12(13)15(17,18)19)14(10-1-2-10)21-7-5-20-6-8-21;;/h3-4,9-10,14,20H,1-2,5-8H2;2*1H/t14-;;/m1../s1. The second-order valence-corrected chi connectivity index (χ2v) is 6.21. The molecule has 1 N–H and O–H groups in total. The van der Waals surface area contributed by atoms with Gasteiger partial charge in [-0.05, 0) is 36.5 Å². The maximum Gasteiger partial charge on any atom is 0.417 e. The van der Waals surface area contributed by atoms with Crippen LogP contribution in [-0.4, -0.2) is 31.1 Å². The molecular formula is C15H20Cl3F3N2. The second-order valence-electron chi connectivity index (χ2n) is 5.81. The molecule has 0 amide bonds. The molecule has 0 radical (unpaired) electrons. The van der Waals surface area contributed by atoms with Gasteiger partial charge in [-0.2, -0.15) is 13.2 Å². The number of nitrogens with zero attached hydrogens (tertiary/aromatic N) is 1. The molecule has 3 rings (SSSR count). The number of hydrogen-bond acceptors (Lipinski definition) is 2. The normalized spacial score (nSPS) is 20.3. The summed E-state index contributed by atoms with van der Waals surface area (Å²) >= 11 is 5.72. The molecule has 0 spiro atoms. The van der Waals surface area contributed by atoms with E-state index in [-0.39, 0.29) is 35.9 Å². The van der Waals surface area contributed by atoms with E-state index in [0.717, 1.165) is 44.6 Å². The molecule has 1 aromatic carbocycles. The van der Waals surface area contributed by atoms with Crippen LogP contribution in [0.4, 0.5) is 13.2 Å². The highest BCUT2D eigenvalue weighted by Crippen LogP contribution is 2.46. The smallest absolute Gasteiger partial charge is 0.314 e. The van der Waals surface area contributed by atoms with Crippen LogP contribution in [0.5, 0.6) is 0 Å². The van der Waals surface area contributed by atoms with E-state index in [1.54, 1.807) is 6.07 Å². The van der Waals surface area contributed by atoms with Crippen molar-refractivity contribution in [1.29, 1.82) is 0 Å². The average molecular weight is 392 g/mol. The molecule has 0 unspecified atom stereocenters. The molecule has 1 aromatic rings. The van der Waals surface area contributed by atoms with Crippen molar-refractivity contribution in [2.75, 3.05) is 26.2 Å². The fourth-order valence-corrected chi connectivity index (χ4v) is 3.32. The van der Waals surface area contributed by atoms with Crippen LogP contribution < -0.4 is 5.32 Å². The SMILES string of the molecule is Cl.Cl.FC(F)(F)c1cc([C@@H](C2CC2)N2CCNCC2)ccc1Cl. The van der Waals surface area contributed by atoms with Gasteiger partial charge < -0.3 is 5.32 Å². The monoisotopic (exact) mass is 390 g/mol. The number of hydrogen-bond donors (Lipinski definition) is 1. The van der Waals surface area contributed by atoms with Gasteiger partial charge in [0.15, 0.2) is 0 Å². The average Bonchev–Trinajstić information content (AvgIpc) is 3.25. The Morgan fingerprint density at radius 3 is 2.26 bits per heavy atom. The van der Waals surface area contributed by atoms with Gasteiger partial charge in [0.25, 0.3) is 0 Å². The molecule has 8 heteroatoms. The molecule has 1 saturated heterocycles. The number of piperazine rings is 1. The van der Waals surface area contributed by atoms with E-state index < -0.39 is 11.7 Å². The van der Waals surface area contributed by atoms with Crippen molar-refractivity contribution in [3.63, 3.8) is 0 Å². The number of alkyl halides is 3. The molecule has 0 bridgehead atoms. The summed E-state index contributed by atoms with van der Waals surface area (Å²) in [6.07, 6.45) is -2.21. The lowest BCUT2D eigenvalue weighted by molar-refractivity contribution is -0.137. The highest BCUT2D eigenvalue weighted by atomic mass is 35.5. The van der Waals surface area contributed by atoms with Crippen molar-refractivity contribution < 1.29 is 13.2 Å². The zero-order chi connectivity index (χ0) is 15.0. The van der Waals surface area contributed by atoms with E-state index in [1.807, 2.05) is 0 Å². The lowest BCUT2D eigenvalue weighted by Gasteiger charge is -2.35. The van der Waals surface area contributed by atoms with E-state index in [1.165, 1.54) is 12.1 Å². The van der Waals surface area contributed by atoms with Crippen LogP contribution in [-0.2, 0) is 6.18 Å². The summed E-state index contributed by atoms with van der Waals surface area (Å²) in [7, 11) is 0. The first-order valence-electron chi connectivity index (χ1n) is 7.28. The van der Waals surface area contributed by atoms with E-state index >= 15 is 0 Å². The Bertz CT molecular complexity index is 515. The third-order valence-corrected chi connectivity index (χ3v) is 4.58. The van der Waals surface area contributed by atoms with Gasteiger partial charge in [0.2, 0.25) is 0 Å². The highest BCUT2D eigenvalue weighted by molar-refractivity contribution is 6.31. The molecule has 2 fully saturated rings. The molecule has 1 atom stereocenters. The Hall–Kier alpha value is -0.200. The van der Waals surface area contributed by atoms with Gasteiger partial charge in [-0.1, -0.05) is 17.7 Å². The van der Waals surface area contributed by atoms with Crippen molar-refractivity contribution in [3.8, 4) is 0 Å². The topological polar surface area (TPSA) is 15.3 Å². The number of nitrogens with one attached hydrogen (secondary N) is 1. The highest BCUT2D eigenvalue weighted by Gasteiger charge is 2.39. The van der Waals surface area contributed by atoms with Crippen LogP contribution in [0.2, 0.25) is 5.02 Å². The fourth-order valence-electron chi connectivity index (χ4n) is 3.10. The van der Waals surface area contributed by atoms with Gasteiger partial charge in [-0.3, -0.25) is 4.90 Å². The molecule has 1 heterocycles. The van der Waals surface area contributed by atoms with Gasteiger partial charge in [-0.25, -0.2) is 0 Å². The largest absolute Gasteiger partial charge is 0.417 e. The maximum atomic E-state index is 13.0. The Kier molecular flexibility index (Phi) is 7.48. The van der Waals surface area contributed by atoms with E-state index in [2.05, 4.69) is 10.2 Å². The Balaban J connectivity index is 0.00000132. The van der Waals surface area contributed by atoms with Crippen molar-refractivity contribution in [3.05, 3.63) is 34.3 Å². The van der Waals surface area contributed by atoms with Gasteiger partial charge in [0.05, 0.1) is 10.6 Å². The van der Waals surface area contributed by atoms with Crippen LogP contribution in [0.25, 0.3) is 0 Å². The number of rotatable bonds is 3. The number of halogens is 6. The zero-order valence-corrected chi connectivity index (χ0v) is 14.8. The van der Waals surface area contributed by atoms with Gasteiger partial charge in [0, 0.05) is 32.2 Å². The predicted octanol–water partition coefficient (Wildman–Crippen LogP) is 4.56. The molecule has 1 aliphatic carbocycles. The quantitative estimate of drug-likeness (QED) is 0.812. The summed E-state index contributed by atoms with van der Waals surface area (Å²) in [5.74, 6) is 0.477. The predicted molar refractivity (Wildman–Crippen MR) is 90.9 cm³/mol. The first-order chi connectivity index (χ1) is 9.97. The number of benzene rings is 1. The molecular weight excluding hydrogens is 372 g/mol. The Morgan fingerprint density at radius 2 is 1.74 bits per heavy atom. The summed E-state index contributed by atoms with van der Waals surface area (Å²) in [5, 5.41) is 3.06. The Morgan fingerprint density at radius 1 is 1.13 bits per heavy atom.